The van der Waals surface area contributed by atoms with Gasteiger partial charge in [0.1, 0.15) is 11.6 Å². The molecule has 3 aromatic rings. The van der Waals surface area contributed by atoms with E-state index in [0.717, 1.165) is 35.1 Å². The van der Waals surface area contributed by atoms with Gasteiger partial charge in [-0.1, -0.05) is 36.4 Å². The number of nitrogens with zero attached hydrogens (tertiary/aromatic N) is 3. The minimum absolute atomic E-state index is 0.683. The fraction of sp³-hybridized carbons (Fsp3) is 0.238. The smallest absolute Gasteiger partial charge is 0.227 e. The van der Waals surface area contributed by atoms with Crippen molar-refractivity contribution < 1.29 is 4.74 Å². The van der Waals surface area contributed by atoms with Crippen LogP contribution in [-0.4, -0.2) is 24.1 Å². The van der Waals surface area contributed by atoms with E-state index < -0.39 is 0 Å². The molecule has 0 spiro atoms. The molecule has 5 nitrogen and oxygen atoms in total. The molecule has 1 heterocycles. The Kier molecular flexibility index (Phi) is 5.37. The van der Waals surface area contributed by atoms with Crippen molar-refractivity contribution in [3.8, 4) is 5.75 Å². The number of benzene rings is 2. The maximum absolute atomic E-state index is 5.44. The number of aryl methyl sites for hydroxylation is 2. The number of ether oxygens (including phenoxy) is 1. The van der Waals surface area contributed by atoms with Gasteiger partial charge in [-0.15, -0.1) is 0 Å². The van der Waals surface area contributed by atoms with E-state index in [1.54, 1.807) is 7.11 Å². The number of aromatic nitrogens is 2. The summed E-state index contributed by atoms with van der Waals surface area (Å²) in [7, 11) is 3.67. The van der Waals surface area contributed by atoms with Crippen LogP contribution in [0.15, 0.2) is 54.6 Å². The van der Waals surface area contributed by atoms with Crippen LogP contribution in [0.4, 0.5) is 17.5 Å². The first-order valence-electron chi connectivity index (χ1n) is 8.57. The minimum atomic E-state index is 0.683. The zero-order chi connectivity index (χ0) is 18.5. The first kappa shape index (κ1) is 17.7. The van der Waals surface area contributed by atoms with E-state index in [1.165, 1.54) is 5.56 Å². The second-order valence-corrected chi connectivity index (χ2v) is 6.36. The summed E-state index contributed by atoms with van der Waals surface area (Å²) in [6, 6.07) is 18.2. The lowest BCUT2D eigenvalue weighted by Gasteiger charge is -2.19. The number of hydrogen-bond acceptors (Lipinski definition) is 5. The first-order chi connectivity index (χ1) is 12.5. The summed E-state index contributed by atoms with van der Waals surface area (Å²) in [5, 5.41) is 3.36. The van der Waals surface area contributed by atoms with Gasteiger partial charge < -0.3 is 15.0 Å². The van der Waals surface area contributed by atoms with Crippen LogP contribution in [0.3, 0.4) is 0 Å². The van der Waals surface area contributed by atoms with Crippen molar-refractivity contribution >= 4 is 17.5 Å². The first-order valence-corrected chi connectivity index (χ1v) is 8.57. The molecule has 0 aliphatic heterocycles. The molecule has 1 aromatic heterocycles. The predicted octanol–water partition coefficient (Wildman–Crippen LogP) is 4.48. The van der Waals surface area contributed by atoms with Crippen molar-refractivity contribution in [1.82, 2.24) is 9.97 Å². The molecule has 1 N–H and O–H groups in total. The Morgan fingerprint density at radius 2 is 1.77 bits per heavy atom. The van der Waals surface area contributed by atoms with Crippen molar-refractivity contribution in [3.63, 3.8) is 0 Å². The molecule has 0 bridgehead atoms. The summed E-state index contributed by atoms with van der Waals surface area (Å²) in [4.78, 5) is 11.3. The molecule has 0 aliphatic carbocycles. The molecular weight excluding hydrogens is 324 g/mol. The standard InChI is InChI=1S/C21H24N4O/c1-15-10-11-19(26-4)18(12-15)23-20-13-16(2)22-21(24-20)25(3)14-17-8-6-5-7-9-17/h5-13H,14H2,1-4H3,(H,22,23,24). The van der Waals surface area contributed by atoms with Crippen molar-refractivity contribution in [3.05, 3.63) is 71.4 Å². The molecule has 134 valence electrons. The Labute approximate surface area is 154 Å². The van der Waals surface area contributed by atoms with Crippen molar-refractivity contribution in [1.29, 1.82) is 0 Å². The van der Waals surface area contributed by atoms with Gasteiger partial charge in [0.05, 0.1) is 12.8 Å². The van der Waals surface area contributed by atoms with Crippen LogP contribution in [0.5, 0.6) is 5.75 Å². The Hall–Kier alpha value is -3.08. The molecule has 0 radical (unpaired) electrons. The molecule has 0 unspecified atom stereocenters. The number of methoxy groups -OCH3 is 1. The van der Waals surface area contributed by atoms with Crippen LogP contribution in [0.25, 0.3) is 0 Å². The highest BCUT2D eigenvalue weighted by atomic mass is 16.5. The summed E-state index contributed by atoms with van der Waals surface area (Å²) in [6.45, 7) is 4.77. The fourth-order valence-electron chi connectivity index (χ4n) is 2.77. The third-order valence-corrected chi connectivity index (χ3v) is 4.06. The molecule has 0 fully saturated rings. The minimum Gasteiger partial charge on any atom is -0.495 e. The van der Waals surface area contributed by atoms with Gasteiger partial charge in [0.2, 0.25) is 5.95 Å². The SMILES string of the molecule is COc1ccc(C)cc1Nc1cc(C)nc(N(C)Cc2ccccc2)n1. The van der Waals surface area contributed by atoms with Crippen molar-refractivity contribution in [2.24, 2.45) is 0 Å². The molecule has 0 atom stereocenters. The normalized spacial score (nSPS) is 10.5. The topological polar surface area (TPSA) is 50.3 Å². The van der Waals surface area contributed by atoms with Gasteiger partial charge in [0.25, 0.3) is 0 Å². The molecule has 0 aliphatic rings. The highest BCUT2D eigenvalue weighted by molar-refractivity contribution is 5.66. The Morgan fingerprint density at radius 1 is 1.00 bits per heavy atom. The average Bonchev–Trinajstić information content (AvgIpc) is 2.62. The Balaban J connectivity index is 1.85. The molecule has 0 saturated heterocycles. The van der Waals surface area contributed by atoms with Crippen LogP contribution in [0, 0.1) is 13.8 Å². The zero-order valence-corrected chi connectivity index (χ0v) is 15.7. The lowest BCUT2D eigenvalue weighted by atomic mass is 10.2. The summed E-state index contributed by atoms with van der Waals surface area (Å²) in [6.07, 6.45) is 0. The molecule has 3 rings (SSSR count). The average molecular weight is 348 g/mol. The van der Waals surface area contributed by atoms with Crippen LogP contribution < -0.4 is 15.0 Å². The van der Waals surface area contributed by atoms with Crippen LogP contribution in [0.2, 0.25) is 0 Å². The second-order valence-electron chi connectivity index (χ2n) is 6.36. The maximum atomic E-state index is 5.44. The summed E-state index contributed by atoms with van der Waals surface area (Å²) in [5.41, 5.74) is 4.17. The second kappa shape index (κ2) is 7.87. The Morgan fingerprint density at radius 3 is 2.50 bits per heavy atom. The van der Waals surface area contributed by atoms with Gasteiger partial charge in [-0.2, -0.15) is 4.98 Å². The number of anilines is 3. The third kappa shape index (κ3) is 4.30. The number of nitrogens with one attached hydrogen (secondary N) is 1. The van der Waals surface area contributed by atoms with Crippen molar-refractivity contribution in [2.75, 3.05) is 24.4 Å². The third-order valence-electron chi connectivity index (χ3n) is 4.06. The van der Waals surface area contributed by atoms with E-state index in [2.05, 4.69) is 34.3 Å². The van der Waals surface area contributed by atoms with E-state index in [0.29, 0.717) is 5.95 Å². The molecular formula is C21H24N4O. The van der Waals surface area contributed by atoms with E-state index in [4.69, 9.17) is 4.74 Å². The predicted molar refractivity (Wildman–Crippen MR) is 106 cm³/mol. The van der Waals surface area contributed by atoms with Gasteiger partial charge in [0, 0.05) is 25.4 Å². The van der Waals surface area contributed by atoms with Gasteiger partial charge in [0.15, 0.2) is 0 Å². The summed E-state index contributed by atoms with van der Waals surface area (Å²) in [5.74, 6) is 2.21. The fourth-order valence-corrected chi connectivity index (χ4v) is 2.77. The summed E-state index contributed by atoms with van der Waals surface area (Å²) < 4.78 is 5.44. The quantitative estimate of drug-likeness (QED) is 0.712. The van der Waals surface area contributed by atoms with Gasteiger partial charge in [-0.3, -0.25) is 0 Å². The van der Waals surface area contributed by atoms with E-state index in [9.17, 15) is 0 Å². The molecule has 0 amide bonds. The lowest BCUT2D eigenvalue weighted by Crippen LogP contribution is -2.19. The van der Waals surface area contributed by atoms with Crippen molar-refractivity contribution in [2.45, 2.75) is 20.4 Å². The zero-order valence-electron chi connectivity index (χ0n) is 15.7. The number of hydrogen-bond donors (Lipinski definition) is 1. The lowest BCUT2D eigenvalue weighted by molar-refractivity contribution is 0.416. The molecule has 26 heavy (non-hydrogen) atoms. The van der Waals surface area contributed by atoms with Crippen LogP contribution in [0.1, 0.15) is 16.8 Å². The molecule has 5 heteroatoms. The summed E-state index contributed by atoms with van der Waals surface area (Å²) >= 11 is 0. The number of rotatable bonds is 6. The van der Waals surface area contributed by atoms with Crippen LogP contribution >= 0.6 is 0 Å². The monoisotopic (exact) mass is 348 g/mol. The van der Waals surface area contributed by atoms with E-state index in [-0.39, 0.29) is 0 Å². The van der Waals surface area contributed by atoms with Gasteiger partial charge in [-0.25, -0.2) is 4.98 Å². The highest BCUT2D eigenvalue weighted by Crippen LogP contribution is 2.28. The van der Waals surface area contributed by atoms with E-state index in [1.807, 2.05) is 61.3 Å². The van der Waals surface area contributed by atoms with Gasteiger partial charge >= 0.3 is 0 Å². The van der Waals surface area contributed by atoms with Crippen LogP contribution in [-0.2, 0) is 6.54 Å². The van der Waals surface area contributed by atoms with Gasteiger partial charge in [-0.05, 0) is 37.1 Å². The molecule has 2 aromatic carbocycles. The maximum Gasteiger partial charge on any atom is 0.227 e. The largest absolute Gasteiger partial charge is 0.495 e. The van der Waals surface area contributed by atoms with E-state index >= 15 is 0 Å². The Bertz CT molecular complexity index is 880. The molecule has 0 saturated carbocycles. The highest BCUT2D eigenvalue weighted by Gasteiger charge is 2.10.